The first-order valence-electron chi connectivity index (χ1n) is 10.5. The molecular formula is C21H25F6N3O5S. The van der Waals surface area contributed by atoms with E-state index in [-0.39, 0.29) is 0 Å². The number of nitrogens with zero attached hydrogens (tertiary/aromatic N) is 3. The molecule has 2 saturated heterocycles. The van der Waals surface area contributed by atoms with Crippen molar-refractivity contribution in [3.05, 3.63) is 39.4 Å². The summed E-state index contributed by atoms with van der Waals surface area (Å²) in [6.07, 6.45) is -8.82. The predicted molar refractivity (Wildman–Crippen MR) is 115 cm³/mol. The summed E-state index contributed by atoms with van der Waals surface area (Å²) < 4.78 is 68.7. The van der Waals surface area contributed by atoms with Gasteiger partial charge in [-0.3, -0.25) is 9.80 Å². The minimum absolute atomic E-state index is 0.537. The van der Waals surface area contributed by atoms with Crippen molar-refractivity contribution in [1.29, 1.82) is 0 Å². The lowest BCUT2D eigenvalue weighted by atomic mass is 9.79. The van der Waals surface area contributed by atoms with E-state index in [9.17, 15) is 26.3 Å². The fraction of sp³-hybridized carbons (Fsp3) is 0.571. The van der Waals surface area contributed by atoms with Gasteiger partial charge < -0.3 is 14.7 Å². The molecule has 0 atom stereocenters. The zero-order valence-corrected chi connectivity index (χ0v) is 20.1. The maximum atomic E-state index is 10.6. The summed E-state index contributed by atoms with van der Waals surface area (Å²) in [6.45, 7) is 11.1. The second kappa shape index (κ2) is 11.6. The third-order valence-corrected chi connectivity index (χ3v) is 6.40. The Labute approximate surface area is 206 Å². The lowest BCUT2D eigenvalue weighted by molar-refractivity contribution is -0.193. The van der Waals surface area contributed by atoms with Gasteiger partial charge in [0.15, 0.2) is 0 Å². The van der Waals surface area contributed by atoms with Gasteiger partial charge in [-0.25, -0.2) is 9.59 Å². The van der Waals surface area contributed by atoms with E-state index in [0.29, 0.717) is 5.41 Å². The summed E-state index contributed by atoms with van der Waals surface area (Å²) >= 11 is 1.80. The van der Waals surface area contributed by atoms with E-state index in [1.54, 1.807) is 11.3 Å². The van der Waals surface area contributed by atoms with Crippen molar-refractivity contribution in [2.75, 3.05) is 26.2 Å². The Morgan fingerprint density at radius 2 is 1.56 bits per heavy atom. The van der Waals surface area contributed by atoms with Crippen LogP contribution in [0.25, 0.3) is 0 Å². The molecule has 8 nitrogen and oxygen atoms in total. The summed E-state index contributed by atoms with van der Waals surface area (Å²) in [5, 5.41) is 22.8. The average Bonchev–Trinajstić information content (AvgIpc) is 3.45. The van der Waals surface area contributed by atoms with Crippen molar-refractivity contribution in [3.8, 4) is 0 Å². The van der Waals surface area contributed by atoms with E-state index >= 15 is 0 Å². The Balaban J connectivity index is 0.000000271. The van der Waals surface area contributed by atoms with Crippen molar-refractivity contribution in [2.45, 2.75) is 45.7 Å². The second-order valence-electron chi connectivity index (χ2n) is 8.65. The molecule has 2 aromatic heterocycles. The first kappa shape index (κ1) is 29.6. The molecule has 0 saturated carbocycles. The molecule has 15 heteroatoms. The van der Waals surface area contributed by atoms with Gasteiger partial charge >= 0.3 is 24.3 Å². The monoisotopic (exact) mass is 545 g/mol. The number of alkyl halides is 6. The zero-order valence-electron chi connectivity index (χ0n) is 19.3. The summed E-state index contributed by atoms with van der Waals surface area (Å²) in [7, 11) is 0. The van der Waals surface area contributed by atoms with E-state index in [1.165, 1.54) is 43.7 Å². The van der Waals surface area contributed by atoms with Gasteiger partial charge in [0.25, 0.3) is 0 Å². The predicted octanol–water partition coefficient (Wildman–Crippen LogP) is 4.33. The molecule has 2 fully saturated rings. The molecule has 2 aliphatic heterocycles. The molecule has 0 amide bonds. The van der Waals surface area contributed by atoms with Crippen molar-refractivity contribution in [1.82, 2.24) is 15.0 Å². The summed E-state index contributed by atoms with van der Waals surface area (Å²) in [5.74, 6) is -4.54. The van der Waals surface area contributed by atoms with Gasteiger partial charge in [-0.15, -0.1) is 0 Å². The molecule has 0 radical (unpaired) electrons. The molecule has 0 unspecified atom stereocenters. The highest BCUT2D eigenvalue weighted by Crippen LogP contribution is 2.41. The second-order valence-corrected chi connectivity index (χ2v) is 9.43. The standard InChI is InChI=1S/C17H23N3OS.2C2HF3O2/c1-13-16(14(2)21-18-13)8-20-11-17(12-20)4-5-19(10-17)7-15-3-6-22-9-15;2*3-2(4,5)1(6)7/h3,6,9H,4-5,7-8,10-12H2,1-2H3;2*(H,6,7). The number of hydrogen-bond donors (Lipinski definition) is 2. The topological polar surface area (TPSA) is 107 Å². The van der Waals surface area contributed by atoms with Gasteiger partial charge in [0, 0.05) is 43.7 Å². The fourth-order valence-corrected chi connectivity index (χ4v) is 4.69. The van der Waals surface area contributed by atoms with Gasteiger partial charge in [0.05, 0.1) is 5.69 Å². The molecular weight excluding hydrogens is 520 g/mol. The molecule has 4 heterocycles. The number of carboxylic acid groups (broad SMARTS) is 2. The van der Waals surface area contributed by atoms with E-state index in [4.69, 9.17) is 24.3 Å². The van der Waals surface area contributed by atoms with Crippen molar-refractivity contribution in [3.63, 3.8) is 0 Å². The van der Waals surface area contributed by atoms with E-state index < -0.39 is 24.3 Å². The molecule has 0 aromatic carbocycles. The first-order chi connectivity index (χ1) is 16.5. The molecule has 0 bridgehead atoms. The van der Waals surface area contributed by atoms with Crippen LogP contribution < -0.4 is 0 Å². The van der Waals surface area contributed by atoms with Gasteiger partial charge in [-0.2, -0.15) is 37.7 Å². The lowest BCUT2D eigenvalue weighted by Gasteiger charge is -2.48. The molecule has 36 heavy (non-hydrogen) atoms. The van der Waals surface area contributed by atoms with Crippen LogP contribution in [-0.4, -0.2) is 75.6 Å². The highest BCUT2D eigenvalue weighted by Gasteiger charge is 2.47. The molecule has 202 valence electrons. The number of carbonyl (C=O) groups is 2. The van der Waals surface area contributed by atoms with E-state index in [2.05, 4.69) is 31.8 Å². The number of thiophene rings is 1. The number of rotatable bonds is 4. The van der Waals surface area contributed by atoms with Crippen molar-refractivity contribution >= 4 is 23.3 Å². The number of hydrogen-bond acceptors (Lipinski definition) is 7. The molecule has 2 N–H and O–H groups in total. The first-order valence-corrected chi connectivity index (χ1v) is 11.4. The molecule has 4 rings (SSSR count). The molecule has 2 aliphatic rings. The summed E-state index contributed by atoms with van der Waals surface area (Å²) in [6, 6.07) is 2.25. The van der Waals surface area contributed by atoms with Crippen LogP contribution in [0.2, 0.25) is 0 Å². The number of carboxylic acids is 2. The SMILES string of the molecule is Cc1noc(C)c1CN1CC2(CCN(Cc3ccsc3)C2)C1.O=C(O)C(F)(F)F.O=C(O)C(F)(F)F. The molecule has 2 aromatic rings. The fourth-order valence-electron chi connectivity index (χ4n) is 4.03. The number of halogens is 6. The number of likely N-dealkylation sites (tertiary alicyclic amines) is 2. The zero-order chi connectivity index (χ0) is 27.3. The Hall–Kier alpha value is -2.65. The summed E-state index contributed by atoms with van der Waals surface area (Å²) in [4.78, 5) is 23.0. The quantitative estimate of drug-likeness (QED) is 0.547. The highest BCUT2D eigenvalue weighted by atomic mass is 32.1. The minimum atomic E-state index is -5.08. The third-order valence-electron chi connectivity index (χ3n) is 5.67. The Morgan fingerprint density at radius 3 is 1.97 bits per heavy atom. The summed E-state index contributed by atoms with van der Waals surface area (Å²) in [5.41, 5.74) is 4.33. The maximum Gasteiger partial charge on any atom is 0.490 e. The number of aliphatic carboxylic acids is 2. The van der Waals surface area contributed by atoms with Crippen LogP contribution >= 0.6 is 11.3 Å². The maximum absolute atomic E-state index is 10.6. The van der Waals surface area contributed by atoms with Crippen molar-refractivity contribution in [2.24, 2.45) is 5.41 Å². The lowest BCUT2D eigenvalue weighted by Crippen LogP contribution is -2.56. The Bertz CT molecular complexity index is 973. The Kier molecular flexibility index (Phi) is 9.53. The molecule has 0 aliphatic carbocycles. The van der Waals surface area contributed by atoms with Crippen LogP contribution in [0, 0.1) is 19.3 Å². The van der Waals surface area contributed by atoms with E-state index in [1.807, 2.05) is 13.8 Å². The van der Waals surface area contributed by atoms with Crippen LogP contribution in [0.3, 0.4) is 0 Å². The largest absolute Gasteiger partial charge is 0.490 e. The van der Waals surface area contributed by atoms with Crippen LogP contribution in [0.15, 0.2) is 21.3 Å². The van der Waals surface area contributed by atoms with Crippen LogP contribution in [-0.2, 0) is 22.7 Å². The van der Waals surface area contributed by atoms with Crippen LogP contribution in [0.1, 0.15) is 29.0 Å². The van der Waals surface area contributed by atoms with Gasteiger partial charge in [-0.1, -0.05) is 5.16 Å². The van der Waals surface area contributed by atoms with Crippen LogP contribution in [0.5, 0.6) is 0 Å². The van der Waals surface area contributed by atoms with Gasteiger partial charge in [0.1, 0.15) is 5.76 Å². The van der Waals surface area contributed by atoms with Crippen LogP contribution in [0.4, 0.5) is 26.3 Å². The minimum Gasteiger partial charge on any atom is -0.475 e. The third kappa shape index (κ3) is 8.48. The number of aryl methyl sites for hydroxylation is 2. The Morgan fingerprint density at radius 1 is 1.03 bits per heavy atom. The van der Waals surface area contributed by atoms with Gasteiger partial charge in [0.2, 0.25) is 0 Å². The smallest absolute Gasteiger partial charge is 0.475 e. The van der Waals surface area contributed by atoms with E-state index in [0.717, 1.165) is 24.5 Å². The normalized spacial score (nSPS) is 17.6. The average molecular weight is 546 g/mol. The van der Waals surface area contributed by atoms with Crippen molar-refractivity contribution < 1.29 is 50.7 Å². The van der Waals surface area contributed by atoms with Gasteiger partial charge in [-0.05, 0) is 49.2 Å². The molecule has 1 spiro atoms. The number of aromatic nitrogens is 1. The highest BCUT2D eigenvalue weighted by molar-refractivity contribution is 7.07.